The molecule has 0 saturated heterocycles. The lowest BCUT2D eigenvalue weighted by Gasteiger charge is -1.97. The summed E-state index contributed by atoms with van der Waals surface area (Å²) in [6.07, 6.45) is 1.69. The zero-order valence-corrected chi connectivity index (χ0v) is 10.0. The number of aromatic amines is 1. The van der Waals surface area contributed by atoms with Crippen LogP contribution in [0.5, 0.6) is 0 Å². The van der Waals surface area contributed by atoms with Crippen molar-refractivity contribution in [3.8, 4) is 11.4 Å². The molecule has 0 aliphatic rings. The van der Waals surface area contributed by atoms with E-state index in [1.165, 1.54) is 5.56 Å². The second kappa shape index (κ2) is 4.19. The van der Waals surface area contributed by atoms with E-state index in [1.54, 1.807) is 6.20 Å². The maximum absolute atomic E-state index is 5.45. The Balaban J connectivity index is 2.10. The number of H-pyrrole nitrogens is 1. The molecule has 0 unspecified atom stereocenters. The Kier molecular flexibility index (Phi) is 2.53. The number of aryl methyl sites for hydroxylation is 1. The van der Waals surface area contributed by atoms with Gasteiger partial charge in [0.1, 0.15) is 5.69 Å². The minimum absolute atomic E-state index is 0.305. The Labute approximate surface area is 104 Å². The molecule has 3 N–H and O–H groups in total. The van der Waals surface area contributed by atoms with Gasteiger partial charge in [0.05, 0.1) is 18.4 Å². The highest BCUT2D eigenvalue weighted by molar-refractivity contribution is 5.87. The Morgan fingerprint density at radius 3 is 2.83 bits per heavy atom. The van der Waals surface area contributed by atoms with Crippen LogP contribution >= 0.6 is 0 Å². The van der Waals surface area contributed by atoms with Crippen molar-refractivity contribution in [1.29, 1.82) is 0 Å². The summed E-state index contributed by atoms with van der Waals surface area (Å²) in [5, 5.41) is 9.24. The predicted octanol–water partition coefficient (Wildman–Crippen LogP) is 1.79. The maximum Gasteiger partial charge on any atom is 0.164 e. The molecule has 0 saturated carbocycles. The summed E-state index contributed by atoms with van der Waals surface area (Å²) in [4.78, 5) is 7.49. The van der Waals surface area contributed by atoms with E-state index in [4.69, 9.17) is 5.73 Å². The van der Waals surface area contributed by atoms with Gasteiger partial charge in [0.2, 0.25) is 0 Å². The van der Waals surface area contributed by atoms with E-state index in [0.29, 0.717) is 12.4 Å². The first kappa shape index (κ1) is 10.9. The Morgan fingerprint density at radius 2 is 2.17 bits per heavy atom. The number of fused-ring (bicyclic) bond motifs is 1. The second-order valence-electron chi connectivity index (χ2n) is 4.19. The van der Waals surface area contributed by atoms with Gasteiger partial charge >= 0.3 is 0 Å². The SMILES string of the molecule is Cc1cccc2cc(-c3cnc(CN)nn3)[nH]c12. The molecule has 0 fully saturated rings. The van der Waals surface area contributed by atoms with Crippen molar-refractivity contribution >= 4 is 10.9 Å². The highest BCUT2D eigenvalue weighted by Gasteiger charge is 2.07. The molecule has 0 aliphatic heterocycles. The molecule has 0 bridgehead atoms. The van der Waals surface area contributed by atoms with Gasteiger partial charge in [-0.2, -0.15) is 0 Å². The van der Waals surface area contributed by atoms with Crippen LogP contribution in [0.15, 0.2) is 30.5 Å². The summed E-state index contributed by atoms with van der Waals surface area (Å²) in [5.41, 5.74) is 9.42. The van der Waals surface area contributed by atoms with Crippen molar-refractivity contribution < 1.29 is 0 Å². The molecule has 0 spiro atoms. The van der Waals surface area contributed by atoms with Crippen molar-refractivity contribution in [2.24, 2.45) is 5.73 Å². The van der Waals surface area contributed by atoms with E-state index < -0.39 is 0 Å². The Hall–Kier alpha value is -2.27. The molecule has 0 atom stereocenters. The summed E-state index contributed by atoms with van der Waals surface area (Å²) in [5.74, 6) is 0.547. The van der Waals surface area contributed by atoms with Gasteiger partial charge in [-0.3, -0.25) is 0 Å². The predicted molar refractivity (Wildman–Crippen MR) is 69.7 cm³/mol. The van der Waals surface area contributed by atoms with Crippen molar-refractivity contribution in [1.82, 2.24) is 20.2 Å². The van der Waals surface area contributed by atoms with Crippen LogP contribution < -0.4 is 5.73 Å². The number of aromatic nitrogens is 4. The van der Waals surface area contributed by atoms with Gasteiger partial charge in [0.25, 0.3) is 0 Å². The van der Waals surface area contributed by atoms with Crippen LogP contribution in [0.1, 0.15) is 11.4 Å². The van der Waals surface area contributed by atoms with Gasteiger partial charge in [-0.25, -0.2) is 4.98 Å². The fraction of sp³-hybridized carbons (Fsp3) is 0.154. The summed E-state index contributed by atoms with van der Waals surface area (Å²) >= 11 is 0. The number of nitrogens with two attached hydrogens (primary N) is 1. The average Bonchev–Trinajstić information content (AvgIpc) is 2.84. The zero-order chi connectivity index (χ0) is 12.5. The smallest absolute Gasteiger partial charge is 0.164 e. The first-order valence-electron chi connectivity index (χ1n) is 5.75. The van der Waals surface area contributed by atoms with Crippen molar-refractivity contribution in [2.75, 3.05) is 0 Å². The molecule has 0 amide bonds. The molecular formula is C13H13N5. The van der Waals surface area contributed by atoms with Gasteiger partial charge in [-0.1, -0.05) is 18.2 Å². The lowest BCUT2D eigenvalue weighted by molar-refractivity contribution is 0.834. The van der Waals surface area contributed by atoms with E-state index in [1.807, 2.05) is 6.07 Å². The number of rotatable bonds is 2. The monoisotopic (exact) mass is 239 g/mol. The van der Waals surface area contributed by atoms with Crippen molar-refractivity contribution in [3.63, 3.8) is 0 Å². The molecule has 0 radical (unpaired) electrons. The molecule has 1 aromatic carbocycles. The summed E-state index contributed by atoms with van der Waals surface area (Å²) in [6, 6.07) is 8.23. The highest BCUT2D eigenvalue weighted by Crippen LogP contribution is 2.23. The quantitative estimate of drug-likeness (QED) is 0.714. The average molecular weight is 239 g/mol. The van der Waals surface area contributed by atoms with E-state index in [2.05, 4.69) is 45.3 Å². The highest BCUT2D eigenvalue weighted by atomic mass is 15.2. The number of para-hydroxylation sites is 1. The van der Waals surface area contributed by atoms with Crippen LogP contribution in [0.2, 0.25) is 0 Å². The third-order valence-electron chi connectivity index (χ3n) is 2.93. The summed E-state index contributed by atoms with van der Waals surface area (Å²) in [6.45, 7) is 2.38. The molecule has 3 rings (SSSR count). The molecule has 0 aliphatic carbocycles. The molecule has 18 heavy (non-hydrogen) atoms. The van der Waals surface area contributed by atoms with Crippen molar-refractivity contribution in [3.05, 3.63) is 41.9 Å². The standard InChI is InChI=1S/C13H13N5/c1-8-3-2-4-9-5-10(16-13(8)9)11-7-15-12(6-14)18-17-11/h2-5,7,16H,6,14H2,1H3. The molecule has 5 heteroatoms. The number of hydrogen-bond donors (Lipinski definition) is 2. The van der Waals surface area contributed by atoms with Crippen LogP contribution in [0, 0.1) is 6.92 Å². The zero-order valence-electron chi connectivity index (χ0n) is 10.0. The number of hydrogen-bond acceptors (Lipinski definition) is 4. The van der Waals surface area contributed by atoms with Gasteiger partial charge in [0.15, 0.2) is 5.82 Å². The minimum atomic E-state index is 0.305. The number of nitrogens with zero attached hydrogens (tertiary/aromatic N) is 3. The third-order valence-corrected chi connectivity index (χ3v) is 2.93. The topological polar surface area (TPSA) is 80.5 Å². The Bertz CT molecular complexity index is 684. The van der Waals surface area contributed by atoms with Crippen LogP contribution in [-0.2, 0) is 6.54 Å². The molecule has 2 aromatic heterocycles. The normalized spacial score (nSPS) is 11.0. The minimum Gasteiger partial charge on any atom is -0.353 e. The number of nitrogens with one attached hydrogen (secondary N) is 1. The number of benzene rings is 1. The largest absolute Gasteiger partial charge is 0.353 e. The summed E-state index contributed by atoms with van der Waals surface area (Å²) < 4.78 is 0. The molecule has 5 nitrogen and oxygen atoms in total. The lowest BCUT2D eigenvalue weighted by Crippen LogP contribution is -2.04. The van der Waals surface area contributed by atoms with Crippen LogP contribution in [0.3, 0.4) is 0 Å². The fourth-order valence-electron chi connectivity index (χ4n) is 1.96. The van der Waals surface area contributed by atoms with Crippen LogP contribution in [0.4, 0.5) is 0 Å². The van der Waals surface area contributed by atoms with E-state index in [0.717, 1.165) is 22.3 Å². The third kappa shape index (κ3) is 1.74. The van der Waals surface area contributed by atoms with Crippen LogP contribution in [-0.4, -0.2) is 20.2 Å². The van der Waals surface area contributed by atoms with Gasteiger partial charge < -0.3 is 10.7 Å². The van der Waals surface area contributed by atoms with Gasteiger partial charge in [-0.15, -0.1) is 10.2 Å². The fourth-order valence-corrected chi connectivity index (χ4v) is 1.96. The first-order valence-corrected chi connectivity index (χ1v) is 5.75. The maximum atomic E-state index is 5.45. The van der Waals surface area contributed by atoms with E-state index >= 15 is 0 Å². The lowest BCUT2D eigenvalue weighted by atomic mass is 10.2. The second-order valence-corrected chi connectivity index (χ2v) is 4.19. The van der Waals surface area contributed by atoms with E-state index in [9.17, 15) is 0 Å². The Morgan fingerprint density at radius 1 is 1.28 bits per heavy atom. The van der Waals surface area contributed by atoms with Gasteiger partial charge in [0, 0.05) is 10.9 Å². The molecule has 2 heterocycles. The van der Waals surface area contributed by atoms with Gasteiger partial charge in [-0.05, 0) is 18.6 Å². The van der Waals surface area contributed by atoms with E-state index in [-0.39, 0.29) is 0 Å². The first-order chi connectivity index (χ1) is 8.78. The molecule has 3 aromatic rings. The van der Waals surface area contributed by atoms with Crippen LogP contribution in [0.25, 0.3) is 22.3 Å². The molecule has 90 valence electrons. The summed E-state index contributed by atoms with van der Waals surface area (Å²) in [7, 11) is 0. The molecular weight excluding hydrogens is 226 g/mol. The van der Waals surface area contributed by atoms with Crippen molar-refractivity contribution in [2.45, 2.75) is 13.5 Å².